The summed E-state index contributed by atoms with van der Waals surface area (Å²) in [6.07, 6.45) is 4.02. The second-order valence-electron chi connectivity index (χ2n) is 2.17. The van der Waals surface area contributed by atoms with Gasteiger partial charge in [-0.1, -0.05) is 24.3 Å². The third-order valence-electron chi connectivity index (χ3n) is 1.34. The van der Waals surface area contributed by atoms with E-state index in [9.17, 15) is 0 Å². The van der Waals surface area contributed by atoms with Crippen molar-refractivity contribution in [1.29, 1.82) is 0 Å². The van der Waals surface area contributed by atoms with Gasteiger partial charge in [-0.05, 0) is 24.6 Å². The van der Waals surface area contributed by atoms with E-state index >= 15 is 0 Å². The summed E-state index contributed by atoms with van der Waals surface area (Å²) in [7, 11) is 2.96. The van der Waals surface area contributed by atoms with Gasteiger partial charge in [-0.25, -0.2) is 0 Å². The first kappa shape index (κ1) is 8.08. The SMILES string of the molecule is CC=Cc1cccc(O[Si])c1. The Bertz CT molecular complexity index is 255. The van der Waals surface area contributed by atoms with Crippen LogP contribution in [-0.2, 0) is 0 Å². The Morgan fingerprint density at radius 1 is 1.45 bits per heavy atom. The van der Waals surface area contributed by atoms with Crippen molar-refractivity contribution in [3.63, 3.8) is 0 Å². The van der Waals surface area contributed by atoms with Crippen LogP contribution in [0.2, 0.25) is 0 Å². The van der Waals surface area contributed by atoms with Gasteiger partial charge in [-0.2, -0.15) is 0 Å². The number of hydrogen-bond acceptors (Lipinski definition) is 1. The molecule has 55 valence electrons. The van der Waals surface area contributed by atoms with Crippen molar-refractivity contribution in [3.8, 4) is 5.75 Å². The van der Waals surface area contributed by atoms with Gasteiger partial charge in [-0.3, -0.25) is 0 Å². The summed E-state index contributed by atoms with van der Waals surface area (Å²) in [6.45, 7) is 1.99. The van der Waals surface area contributed by atoms with Crippen molar-refractivity contribution in [2.24, 2.45) is 0 Å². The predicted octanol–water partition coefficient (Wildman–Crippen LogP) is 2.18. The summed E-state index contributed by atoms with van der Waals surface area (Å²) in [4.78, 5) is 0. The molecule has 1 nitrogen and oxygen atoms in total. The third kappa shape index (κ3) is 2.24. The van der Waals surface area contributed by atoms with Gasteiger partial charge in [0.1, 0.15) is 5.75 Å². The molecule has 0 aromatic heterocycles. The number of rotatable bonds is 2. The summed E-state index contributed by atoms with van der Waals surface area (Å²) in [6, 6.07) is 7.81. The van der Waals surface area contributed by atoms with Crippen LogP contribution < -0.4 is 4.43 Å². The molecule has 0 saturated carbocycles. The van der Waals surface area contributed by atoms with Crippen molar-refractivity contribution < 1.29 is 4.43 Å². The molecule has 0 bridgehead atoms. The van der Waals surface area contributed by atoms with Crippen LogP contribution in [0.4, 0.5) is 0 Å². The van der Waals surface area contributed by atoms with E-state index in [0.29, 0.717) is 0 Å². The molecule has 0 amide bonds. The number of hydrogen-bond donors (Lipinski definition) is 0. The molecule has 0 aliphatic heterocycles. The highest BCUT2D eigenvalue weighted by Crippen LogP contribution is 2.12. The Balaban J connectivity index is 2.91. The molecule has 3 radical (unpaired) electrons. The standard InChI is InChI=1S/C9H9OSi/c1-2-4-8-5-3-6-9(7-8)10-11/h2-7H,1H3. The molecule has 0 saturated heterocycles. The van der Waals surface area contributed by atoms with Gasteiger partial charge in [0.2, 0.25) is 0 Å². The average molecular weight is 161 g/mol. The van der Waals surface area contributed by atoms with E-state index < -0.39 is 0 Å². The van der Waals surface area contributed by atoms with Crippen LogP contribution in [0.5, 0.6) is 5.75 Å². The summed E-state index contributed by atoms with van der Waals surface area (Å²) >= 11 is 0. The maximum absolute atomic E-state index is 4.87. The average Bonchev–Trinajstić information content (AvgIpc) is 2.06. The summed E-state index contributed by atoms with van der Waals surface area (Å²) in [5.41, 5.74) is 1.14. The maximum atomic E-state index is 4.87. The fourth-order valence-corrected chi connectivity index (χ4v) is 1.00. The molecule has 0 fully saturated rings. The largest absolute Gasteiger partial charge is 0.540 e. The Morgan fingerprint density at radius 3 is 2.91 bits per heavy atom. The zero-order chi connectivity index (χ0) is 8.10. The van der Waals surface area contributed by atoms with Crippen molar-refractivity contribution in [2.45, 2.75) is 6.92 Å². The fraction of sp³-hybridized carbons (Fsp3) is 0.111. The lowest BCUT2D eigenvalue weighted by Crippen LogP contribution is -1.84. The van der Waals surface area contributed by atoms with Crippen molar-refractivity contribution in [1.82, 2.24) is 0 Å². The van der Waals surface area contributed by atoms with Crippen LogP contribution in [0.1, 0.15) is 12.5 Å². The molecule has 0 unspecified atom stereocenters. The lowest BCUT2D eigenvalue weighted by Gasteiger charge is -1.99. The van der Waals surface area contributed by atoms with Crippen molar-refractivity contribution in [3.05, 3.63) is 35.9 Å². The summed E-state index contributed by atoms with van der Waals surface area (Å²) < 4.78 is 4.87. The Kier molecular flexibility index (Phi) is 2.92. The maximum Gasteiger partial charge on any atom is 0.341 e. The first-order chi connectivity index (χ1) is 5.36. The summed E-state index contributed by atoms with van der Waals surface area (Å²) in [5.74, 6) is 0.817. The smallest absolute Gasteiger partial charge is 0.341 e. The molecular formula is C9H9OSi. The highest BCUT2D eigenvalue weighted by Gasteiger charge is 1.89. The minimum Gasteiger partial charge on any atom is -0.540 e. The van der Waals surface area contributed by atoms with E-state index in [1.54, 1.807) is 0 Å². The van der Waals surface area contributed by atoms with Crippen LogP contribution >= 0.6 is 0 Å². The van der Waals surface area contributed by atoms with E-state index in [1.807, 2.05) is 43.3 Å². The van der Waals surface area contributed by atoms with Gasteiger partial charge in [0.05, 0.1) is 0 Å². The van der Waals surface area contributed by atoms with Crippen molar-refractivity contribution in [2.75, 3.05) is 0 Å². The molecule has 0 aliphatic carbocycles. The van der Waals surface area contributed by atoms with E-state index in [2.05, 4.69) is 10.5 Å². The van der Waals surface area contributed by atoms with E-state index in [4.69, 9.17) is 4.43 Å². The predicted molar refractivity (Wildman–Crippen MR) is 47.5 cm³/mol. The van der Waals surface area contributed by atoms with Gasteiger partial charge in [0, 0.05) is 0 Å². The first-order valence-electron chi connectivity index (χ1n) is 3.43. The van der Waals surface area contributed by atoms with Gasteiger partial charge >= 0.3 is 10.5 Å². The third-order valence-corrected chi connectivity index (χ3v) is 1.57. The first-order valence-corrected chi connectivity index (χ1v) is 3.84. The number of allylic oxidation sites excluding steroid dienone is 1. The molecule has 0 N–H and O–H groups in total. The normalized spacial score (nSPS) is 10.4. The van der Waals surface area contributed by atoms with Gasteiger partial charge < -0.3 is 4.43 Å². The molecule has 1 rings (SSSR count). The summed E-state index contributed by atoms with van der Waals surface area (Å²) in [5, 5.41) is 0. The highest BCUT2D eigenvalue weighted by molar-refractivity contribution is 5.99. The second-order valence-corrected chi connectivity index (χ2v) is 2.38. The van der Waals surface area contributed by atoms with E-state index in [0.717, 1.165) is 11.3 Å². The lowest BCUT2D eigenvalue weighted by atomic mass is 10.2. The molecule has 1 aromatic carbocycles. The molecule has 1 aromatic rings. The van der Waals surface area contributed by atoms with Crippen molar-refractivity contribution >= 4 is 16.6 Å². The van der Waals surface area contributed by atoms with Gasteiger partial charge in [0.15, 0.2) is 0 Å². The molecule has 0 aliphatic rings. The van der Waals surface area contributed by atoms with E-state index in [1.165, 1.54) is 0 Å². The fourth-order valence-electron chi connectivity index (χ4n) is 0.874. The number of benzene rings is 1. The zero-order valence-corrected chi connectivity index (χ0v) is 7.37. The van der Waals surface area contributed by atoms with Crippen LogP contribution in [0.3, 0.4) is 0 Å². The Hall–Kier alpha value is -1.02. The lowest BCUT2D eigenvalue weighted by molar-refractivity contribution is 0.616. The Morgan fingerprint density at radius 2 is 2.27 bits per heavy atom. The molecular weight excluding hydrogens is 152 g/mol. The van der Waals surface area contributed by atoms with Crippen LogP contribution in [0.15, 0.2) is 30.3 Å². The van der Waals surface area contributed by atoms with Crippen LogP contribution in [0.25, 0.3) is 6.08 Å². The van der Waals surface area contributed by atoms with Crippen LogP contribution in [0, 0.1) is 0 Å². The Labute approximate surface area is 70.2 Å². The van der Waals surface area contributed by atoms with E-state index in [-0.39, 0.29) is 0 Å². The zero-order valence-electron chi connectivity index (χ0n) is 6.37. The molecule has 11 heavy (non-hydrogen) atoms. The topological polar surface area (TPSA) is 9.23 Å². The quantitative estimate of drug-likeness (QED) is 0.604. The molecule has 2 heteroatoms. The van der Waals surface area contributed by atoms with Crippen LogP contribution in [-0.4, -0.2) is 10.5 Å². The molecule has 0 spiro atoms. The van der Waals surface area contributed by atoms with Gasteiger partial charge in [-0.15, -0.1) is 0 Å². The highest BCUT2D eigenvalue weighted by atomic mass is 28.2. The second kappa shape index (κ2) is 3.98. The minimum absolute atomic E-state index is 0.817. The molecule has 0 heterocycles. The van der Waals surface area contributed by atoms with Gasteiger partial charge in [0.25, 0.3) is 0 Å². The minimum atomic E-state index is 0.817. The molecule has 0 atom stereocenters. The monoisotopic (exact) mass is 161 g/mol.